The molecule has 3 rings (SSSR count). The van der Waals surface area contributed by atoms with Gasteiger partial charge in [0.15, 0.2) is 6.29 Å². The summed E-state index contributed by atoms with van der Waals surface area (Å²) in [6.07, 6.45) is -2.03. The number of benzene rings is 2. The van der Waals surface area contributed by atoms with Gasteiger partial charge in [0.05, 0.1) is 25.4 Å². The van der Waals surface area contributed by atoms with Crippen molar-refractivity contribution in [2.75, 3.05) is 7.11 Å². The van der Waals surface area contributed by atoms with Crippen LogP contribution >= 0.6 is 0 Å². The lowest BCUT2D eigenvalue weighted by atomic mass is 9.97. The van der Waals surface area contributed by atoms with Crippen LogP contribution in [-0.4, -0.2) is 37.8 Å². The van der Waals surface area contributed by atoms with Gasteiger partial charge in [0.1, 0.15) is 12.2 Å². The predicted octanol–water partition coefficient (Wildman–Crippen LogP) is 4.23. The number of rotatable bonds is 8. The highest BCUT2D eigenvalue weighted by molar-refractivity contribution is 5.14. The van der Waals surface area contributed by atoms with Crippen molar-refractivity contribution in [1.29, 1.82) is 0 Å². The minimum absolute atomic E-state index is 0.371. The van der Waals surface area contributed by atoms with Crippen LogP contribution in [0.1, 0.15) is 18.1 Å². The average molecular weight is 383 g/mol. The van der Waals surface area contributed by atoms with E-state index in [4.69, 9.17) is 24.5 Å². The summed E-state index contributed by atoms with van der Waals surface area (Å²) in [5.41, 5.74) is 11.1. The molecule has 0 aromatic heterocycles. The smallest absolute Gasteiger partial charge is 0.186 e. The Morgan fingerprint density at radius 1 is 0.929 bits per heavy atom. The number of nitrogens with zero attached hydrogens (tertiary/aromatic N) is 3. The van der Waals surface area contributed by atoms with Crippen LogP contribution in [0.2, 0.25) is 0 Å². The lowest BCUT2D eigenvalue weighted by Crippen LogP contribution is -2.58. The lowest BCUT2D eigenvalue weighted by molar-refractivity contribution is -0.286. The maximum absolute atomic E-state index is 8.99. The van der Waals surface area contributed by atoms with E-state index in [9.17, 15) is 0 Å². The molecular weight excluding hydrogens is 358 g/mol. The molecule has 148 valence electrons. The summed E-state index contributed by atoms with van der Waals surface area (Å²) >= 11 is 0. The van der Waals surface area contributed by atoms with E-state index in [2.05, 4.69) is 10.0 Å². The lowest BCUT2D eigenvalue weighted by Gasteiger charge is -2.43. The quantitative estimate of drug-likeness (QED) is 0.388. The van der Waals surface area contributed by atoms with Crippen molar-refractivity contribution in [2.45, 2.75) is 50.8 Å². The minimum Gasteiger partial charge on any atom is -0.373 e. The summed E-state index contributed by atoms with van der Waals surface area (Å²) in [7, 11) is 1.58. The second-order valence-electron chi connectivity index (χ2n) is 6.66. The Labute approximate surface area is 164 Å². The van der Waals surface area contributed by atoms with Gasteiger partial charge in [0.25, 0.3) is 0 Å². The van der Waals surface area contributed by atoms with Gasteiger partial charge < -0.3 is 18.9 Å². The first-order valence-electron chi connectivity index (χ1n) is 9.26. The van der Waals surface area contributed by atoms with Crippen LogP contribution < -0.4 is 0 Å². The zero-order valence-electron chi connectivity index (χ0n) is 16.0. The van der Waals surface area contributed by atoms with Crippen LogP contribution in [0, 0.1) is 0 Å². The molecule has 28 heavy (non-hydrogen) atoms. The summed E-state index contributed by atoms with van der Waals surface area (Å²) in [5, 5.41) is 3.90. The fourth-order valence-corrected chi connectivity index (χ4v) is 3.30. The highest BCUT2D eigenvalue weighted by atomic mass is 16.7. The van der Waals surface area contributed by atoms with Crippen LogP contribution in [0.5, 0.6) is 0 Å². The summed E-state index contributed by atoms with van der Waals surface area (Å²) in [6, 6.07) is 19.2. The molecule has 1 aliphatic rings. The Morgan fingerprint density at radius 2 is 1.50 bits per heavy atom. The monoisotopic (exact) mass is 383 g/mol. The molecule has 0 radical (unpaired) electrons. The Morgan fingerprint density at radius 3 is 2.04 bits per heavy atom. The highest BCUT2D eigenvalue weighted by Gasteiger charge is 2.45. The van der Waals surface area contributed by atoms with Crippen molar-refractivity contribution in [3.8, 4) is 0 Å². The van der Waals surface area contributed by atoms with Crippen molar-refractivity contribution in [2.24, 2.45) is 5.11 Å². The van der Waals surface area contributed by atoms with E-state index in [1.165, 1.54) is 0 Å². The molecule has 0 spiro atoms. The molecule has 0 amide bonds. The molecule has 1 aliphatic heterocycles. The van der Waals surface area contributed by atoms with Crippen LogP contribution in [0.4, 0.5) is 0 Å². The van der Waals surface area contributed by atoms with E-state index in [-0.39, 0.29) is 6.10 Å². The van der Waals surface area contributed by atoms with Gasteiger partial charge in [0, 0.05) is 12.0 Å². The summed E-state index contributed by atoms with van der Waals surface area (Å²) in [4.78, 5) is 2.97. The molecule has 1 fully saturated rings. The van der Waals surface area contributed by atoms with E-state index in [0.29, 0.717) is 13.2 Å². The van der Waals surface area contributed by atoms with Gasteiger partial charge in [-0.25, -0.2) is 0 Å². The first-order chi connectivity index (χ1) is 13.7. The van der Waals surface area contributed by atoms with E-state index < -0.39 is 24.5 Å². The molecule has 7 nitrogen and oxygen atoms in total. The van der Waals surface area contributed by atoms with Gasteiger partial charge in [0.2, 0.25) is 0 Å². The molecule has 1 heterocycles. The minimum atomic E-state index is -0.633. The fourth-order valence-electron chi connectivity index (χ4n) is 3.30. The van der Waals surface area contributed by atoms with Gasteiger partial charge in [-0.1, -0.05) is 65.8 Å². The van der Waals surface area contributed by atoms with Gasteiger partial charge >= 0.3 is 0 Å². The maximum atomic E-state index is 8.99. The van der Waals surface area contributed by atoms with Crippen molar-refractivity contribution in [1.82, 2.24) is 0 Å². The predicted molar refractivity (Wildman–Crippen MR) is 104 cm³/mol. The first kappa shape index (κ1) is 20.3. The van der Waals surface area contributed by atoms with E-state index in [0.717, 1.165) is 11.1 Å². The third kappa shape index (κ3) is 5.10. The zero-order chi connectivity index (χ0) is 19.8. The zero-order valence-corrected chi connectivity index (χ0v) is 16.0. The molecule has 0 saturated carbocycles. The maximum Gasteiger partial charge on any atom is 0.186 e. The van der Waals surface area contributed by atoms with Gasteiger partial charge in [-0.05, 0) is 23.6 Å². The SMILES string of the molecule is CO[C@H]1[C@H](OCc2ccccc2)O[C@H](C)[C@@H](N=[N+]=[N-])[C@@H]1OCc1ccccc1. The first-order valence-corrected chi connectivity index (χ1v) is 9.26. The average Bonchev–Trinajstić information content (AvgIpc) is 2.74. The summed E-state index contributed by atoms with van der Waals surface area (Å²) < 4.78 is 23.8. The molecular formula is C21H25N3O4. The van der Waals surface area contributed by atoms with Crippen LogP contribution in [0.15, 0.2) is 65.8 Å². The fraction of sp³-hybridized carbons (Fsp3) is 0.429. The van der Waals surface area contributed by atoms with Crippen molar-refractivity contribution in [3.05, 3.63) is 82.2 Å². The van der Waals surface area contributed by atoms with Crippen LogP contribution in [0.3, 0.4) is 0 Å². The molecule has 2 aromatic carbocycles. The molecule has 0 bridgehead atoms. The van der Waals surface area contributed by atoms with Crippen molar-refractivity contribution < 1.29 is 18.9 Å². The molecule has 0 unspecified atom stereocenters. The molecule has 1 saturated heterocycles. The molecule has 0 aliphatic carbocycles. The largest absolute Gasteiger partial charge is 0.373 e. The van der Waals surface area contributed by atoms with Crippen molar-refractivity contribution >= 4 is 0 Å². The molecule has 2 aromatic rings. The van der Waals surface area contributed by atoms with E-state index in [1.807, 2.05) is 67.6 Å². The highest BCUT2D eigenvalue weighted by Crippen LogP contribution is 2.29. The van der Waals surface area contributed by atoms with Crippen LogP contribution in [0.25, 0.3) is 10.4 Å². The van der Waals surface area contributed by atoms with Gasteiger partial charge in [-0.15, -0.1) is 0 Å². The summed E-state index contributed by atoms with van der Waals surface area (Å²) in [6.45, 7) is 2.61. The molecule has 7 heteroatoms. The Balaban J connectivity index is 1.74. The normalized spacial score (nSPS) is 27.1. The Hall–Kier alpha value is -2.41. The van der Waals surface area contributed by atoms with Crippen molar-refractivity contribution in [3.63, 3.8) is 0 Å². The number of ether oxygens (including phenoxy) is 4. The summed E-state index contributed by atoms with van der Waals surface area (Å²) in [5.74, 6) is 0. The van der Waals surface area contributed by atoms with Crippen LogP contribution in [-0.2, 0) is 32.2 Å². The third-order valence-corrected chi connectivity index (χ3v) is 4.76. The van der Waals surface area contributed by atoms with Gasteiger partial charge in [-0.2, -0.15) is 0 Å². The number of hydrogen-bond donors (Lipinski definition) is 0. The second-order valence-corrected chi connectivity index (χ2v) is 6.66. The second kappa shape index (κ2) is 10.2. The number of hydrogen-bond acceptors (Lipinski definition) is 5. The number of azide groups is 1. The van der Waals surface area contributed by atoms with Gasteiger partial charge in [-0.3, -0.25) is 0 Å². The topological polar surface area (TPSA) is 85.7 Å². The van der Waals surface area contributed by atoms with E-state index >= 15 is 0 Å². The Kier molecular flexibility index (Phi) is 7.42. The third-order valence-electron chi connectivity index (χ3n) is 4.76. The molecule has 0 N–H and O–H groups in total. The number of methoxy groups -OCH3 is 1. The standard InChI is InChI=1S/C21H25N3O4/c1-15-18(23-24-22)19(26-13-16-9-5-3-6-10-16)20(25-2)21(28-15)27-14-17-11-7-4-8-12-17/h3-12,15,18-21H,13-14H2,1-2H3/t15-,18-,19+,20-,21-/m1/s1. The molecule has 5 atom stereocenters. The Bertz CT molecular complexity index is 768. The van der Waals surface area contributed by atoms with E-state index in [1.54, 1.807) is 7.11 Å².